The molecule has 0 fully saturated rings. The molecule has 6 aromatic rings. The van der Waals surface area contributed by atoms with E-state index in [1.54, 1.807) is 0 Å². The summed E-state index contributed by atoms with van der Waals surface area (Å²) in [6.07, 6.45) is 64.4. The second-order valence-corrected chi connectivity index (χ2v) is 33.3. The Labute approximate surface area is 672 Å². The average Bonchev–Trinajstić information content (AvgIpc) is 1.75. The van der Waals surface area contributed by atoms with Crippen molar-refractivity contribution in [3.63, 3.8) is 0 Å². The molecule has 576 valence electrons. The standard InChI is InChI=1S/6C15H21N2.2ClH2.H4Si.Ti/c6*1-12(15(2,3)16)10-13-6-7-14(11-13)17-8-4-5-9-17;;;;/h6*4-5,7-9,11-12,16H,6,10H2,1-3H3;2*1H2;1H4;/q6*-1;2*+1;;+4. The Balaban J connectivity index is 0.000000328. The number of rotatable bonds is 24. The van der Waals surface area contributed by atoms with Gasteiger partial charge in [-0.2, -0.15) is 0 Å². The van der Waals surface area contributed by atoms with Gasteiger partial charge in [0.2, 0.25) is 0 Å². The molecule has 6 atom stereocenters. The first-order valence-corrected chi connectivity index (χ1v) is 37.5. The topological polar surface area (TPSA) is 172 Å². The van der Waals surface area contributed by atoms with Crippen LogP contribution in [0.5, 0.6) is 0 Å². The second kappa shape index (κ2) is 42.1. The number of hydrogen-bond acceptors (Lipinski definition) is 0. The summed E-state index contributed by atoms with van der Waals surface area (Å²) >= 11 is 0. The van der Waals surface area contributed by atoms with E-state index in [2.05, 4.69) is 216 Å². The van der Waals surface area contributed by atoms with E-state index in [1.807, 2.05) is 156 Å². The molecular formula is C90H134Cl2N12SiTi. The smallest absolute Gasteiger partial charge is 0.672 e. The van der Waals surface area contributed by atoms with E-state index in [4.69, 9.17) is 34.4 Å². The molecule has 6 aliphatic carbocycles. The molecule has 6 N–H and O–H groups in total. The van der Waals surface area contributed by atoms with E-state index in [-0.39, 0.29) is 90.7 Å². The van der Waals surface area contributed by atoms with Gasteiger partial charge in [0, 0.05) is 109 Å². The van der Waals surface area contributed by atoms with Crippen molar-refractivity contribution in [3.8, 4) is 0 Å². The normalized spacial score (nSPS) is 17.2. The van der Waals surface area contributed by atoms with Crippen LogP contribution in [0.3, 0.4) is 0 Å². The molecule has 12 nitrogen and oxygen atoms in total. The first-order valence-electron chi connectivity index (χ1n) is 37.5. The fourth-order valence-electron chi connectivity index (χ4n) is 12.2. The van der Waals surface area contributed by atoms with Crippen molar-refractivity contribution in [2.45, 2.75) is 235 Å². The van der Waals surface area contributed by atoms with Gasteiger partial charge in [0.05, 0.1) is 24.8 Å². The molecule has 0 aliphatic heterocycles. The Hall–Kier alpha value is -6.17. The zero-order valence-electron chi connectivity index (χ0n) is 66.8. The van der Waals surface area contributed by atoms with Gasteiger partial charge in [-0.3, -0.25) is 0 Å². The molecule has 6 heterocycles. The molecule has 6 unspecified atom stereocenters. The fourth-order valence-corrected chi connectivity index (χ4v) is 12.2. The summed E-state index contributed by atoms with van der Waals surface area (Å²) in [5.41, 5.74) is 62.4. The van der Waals surface area contributed by atoms with Crippen LogP contribution in [0.2, 0.25) is 0 Å². The van der Waals surface area contributed by atoms with Gasteiger partial charge in [0.25, 0.3) is 0 Å². The van der Waals surface area contributed by atoms with E-state index in [0.29, 0.717) is 35.5 Å². The molecule has 0 saturated heterocycles. The second-order valence-electron chi connectivity index (χ2n) is 33.3. The Morgan fingerprint density at radius 1 is 0.245 bits per heavy atom. The maximum atomic E-state index is 8.04. The zero-order chi connectivity index (χ0) is 74.8. The summed E-state index contributed by atoms with van der Waals surface area (Å²) < 4.78 is 12.9. The molecule has 106 heavy (non-hydrogen) atoms. The molecule has 6 aliphatic rings. The minimum atomic E-state index is -0.350. The number of hydrogen-bond donors (Lipinski definition) is 0. The predicted molar refractivity (Wildman–Crippen MR) is 458 cm³/mol. The molecule has 0 aromatic carbocycles. The Kier molecular flexibility index (Phi) is 37.4. The van der Waals surface area contributed by atoms with E-state index < -0.39 is 0 Å². The van der Waals surface area contributed by atoms with Crippen LogP contribution >= 0.6 is 0 Å². The van der Waals surface area contributed by atoms with Crippen LogP contribution in [0.1, 0.15) is 202 Å². The van der Waals surface area contributed by atoms with Gasteiger partial charge in [-0.05, 0) is 197 Å². The van der Waals surface area contributed by atoms with Crippen LogP contribution in [0.15, 0.2) is 254 Å². The number of nitrogens with zero attached hydrogens (tertiary/aromatic N) is 6. The van der Waals surface area contributed by atoms with Gasteiger partial charge in [0.1, 0.15) is 0 Å². The zero-order valence-corrected chi connectivity index (χ0v) is 70.2. The van der Waals surface area contributed by atoms with Crippen LogP contribution < -0.4 is 0 Å². The molecule has 0 radical (unpaired) electrons. The van der Waals surface area contributed by atoms with Gasteiger partial charge in [-0.1, -0.05) is 230 Å². The Morgan fingerprint density at radius 2 is 0.349 bits per heavy atom. The van der Waals surface area contributed by atoms with E-state index in [9.17, 15) is 0 Å². The van der Waals surface area contributed by atoms with Gasteiger partial charge in [-0.25, -0.2) is 0 Å². The van der Waals surface area contributed by atoms with Crippen LogP contribution in [0.25, 0.3) is 68.6 Å². The summed E-state index contributed by atoms with van der Waals surface area (Å²) in [4.78, 5) is 0. The molecule has 0 bridgehead atoms. The van der Waals surface area contributed by atoms with E-state index in [0.717, 1.165) is 77.0 Å². The third-order valence-corrected chi connectivity index (χ3v) is 21.8. The van der Waals surface area contributed by atoms with Crippen LogP contribution in [0, 0.1) is 60.3 Å². The summed E-state index contributed by atoms with van der Waals surface area (Å²) in [5, 5.41) is 0. The van der Waals surface area contributed by atoms with Gasteiger partial charge < -0.3 is 61.8 Å². The average molecular weight is 1530 g/mol. The molecule has 12 rings (SSSR count). The molecule has 0 amide bonds. The molecule has 16 heteroatoms. The minimum Gasteiger partial charge on any atom is -0.672 e. The van der Waals surface area contributed by atoms with Crippen molar-refractivity contribution in [1.82, 2.24) is 27.4 Å². The van der Waals surface area contributed by atoms with Gasteiger partial charge in [-0.15, -0.1) is 33.2 Å². The molecule has 6 aromatic heterocycles. The molecular weight excluding hydrogens is 1400 g/mol. The monoisotopic (exact) mass is 1530 g/mol. The van der Waals surface area contributed by atoms with E-state index in [1.165, 1.54) is 67.6 Å². The SMILES string of the molecule is CC(CC1=CC(n2cccc2)=CC1)C(C)(C)[NH-].CC(CC1=CC(n2cccc2)=CC1)C(C)(C)[NH-].CC(CC1=CC(n2cccc2)=CC1)C(C)(C)[NH-].CC(CC1=CC(n2cccc2)=CC1)C(C)(C)[NH-].CC(CC1=CC(n2cccc2)=CC1)C(C)(C)[NH-].CC(CC1=CC(n2cccc2)=CC1)C(C)(C)[NH-].[ClH2+].[ClH2+].[SiH4].[Ti+4]. The maximum Gasteiger partial charge on any atom is 4.00 e. The third kappa shape index (κ3) is 30.4. The summed E-state index contributed by atoms with van der Waals surface area (Å²) in [6.45, 7) is 36.9. The van der Waals surface area contributed by atoms with Crippen molar-refractivity contribution < 1.29 is 46.5 Å². The van der Waals surface area contributed by atoms with Gasteiger partial charge in [0.15, 0.2) is 0 Å². The van der Waals surface area contributed by atoms with Crippen LogP contribution in [0.4, 0.5) is 0 Å². The summed E-state index contributed by atoms with van der Waals surface area (Å²) in [6, 6.07) is 24.5. The number of allylic oxidation sites excluding steroid dienone is 24. The number of nitrogens with one attached hydrogen (secondary N) is 6. The van der Waals surface area contributed by atoms with Crippen LogP contribution in [-0.2, 0) is 21.7 Å². The van der Waals surface area contributed by atoms with Crippen molar-refractivity contribution in [1.29, 1.82) is 0 Å². The summed E-state index contributed by atoms with van der Waals surface area (Å²) in [7, 11) is 0. The summed E-state index contributed by atoms with van der Waals surface area (Å²) in [5.74, 6) is 2.37. The first-order chi connectivity index (χ1) is 47.8. The Bertz CT molecular complexity index is 3280. The van der Waals surface area contributed by atoms with Crippen molar-refractivity contribution >= 4 is 45.1 Å². The van der Waals surface area contributed by atoms with Crippen molar-refractivity contribution in [2.24, 2.45) is 35.5 Å². The first kappa shape index (κ1) is 94.0. The van der Waals surface area contributed by atoms with Gasteiger partial charge >= 0.3 is 21.7 Å². The predicted octanol–water partition coefficient (Wildman–Crippen LogP) is 24.6. The molecule has 0 saturated carbocycles. The van der Waals surface area contributed by atoms with E-state index >= 15 is 0 Å². The molecule has 0 spiro atoms. The number of halogens is 2. The fraction of sp³-hybridized carbons (Fsp3) is 0.467. The number of aromatic nitrogens is 6. The van der Waals surface area contributed by atoms with Crippen LogP contribution in [-0.4, -0.2) is 71.6 Å². The maximum absolute atomic E-state index is 8.04. The van der Waals surface area contributed by atoms with Crippen molar-refractivity contribution in [3.05, 3.63) is 288 Å². The Morgan fingerprint density at radius 3 is 0.443 bits per heavy atom. The third-order valence-electron chi connectivity index (χ3n) is 21.8. The quantitative estimate of drug-likeness (QED) is 0.0526. The van der Waals surface area contributed by atoms with Crippen molar-refractivity contribution in [2.75, 3.05) is 0 Å². The minimum absolute atomic E-state index is 0. The largest absolute Gasteiger partial charge is 4.00 e.